The van der Waals surface area contributed by atoms with Crippen molar-refractivity contribution in [1.82, 2.24) is 0 Å². The Morgan fingerprint density at radius 3 is 2.06 bits per heavy atom. The van der Waals surface area contributed by atoms with Crippen LogP contribution < -0.4 is 5.32 Å². The summed E-state index contributed by atoms with van der Waals surface area (Å²) < 4.78 is 5.77. The van der Waals surface area contributed by atoms with Crippen LogP contribution in [0.15, 0.2) is 97.1 Å². The first kappa shape index (κ1) is 24.6. The number of benzene rings is 4. The van der Waals surface area contributed by atoms with Crippen LogP contribution in [0, 0.1) is 20.8 Å². The average Bonchev–Trinajstić information content (AvgIpc) is 2.89. The number of nitrogens with one attached hydrogen (secondary N) is 1. The molecule has 0 saturated carbocycles. The minimum atomic E-state index is -1.10. The fourth-order valence-corrected chi connectivity index (χ4v) is 3.75. The number of Topliss-reactive ketones (excluding diaryl/α,β-unsaturated/α-hetero) is 1. The number of hydrogen-bond acceptors (Lipinski definition) is 4. The molecule has 0 aliphatic heterocycles. The summed E-state index contributed by atoms with van der Waals surface area (Å²) in [5.74, 6) is -1.25. The van der Waals surface area contributed by atoms with Crippen LogP contribution in [-0.4, -0.2) is 17.7 Å². The normalized spacial score (nSPS) is 11.4. The van der Waals surface area contributed by atoms with Crippen molar-refractivity contribution in [3.05, 3.63) is 136 Å². The van der Waals surface area contributed by atoms with Crippen molar-refractivity contribution >= 4 is 23.3 Å². The lowest BCUT2D eigenvalue weighted by Crippen LogP contribution is -2.21. The molecule has 0 heterocycles. The Morgan fingerprint density at radius 2 is 1.36 bits per heavy atom. The van der Waals surface area contributed by atoms with Crippen LogP contribution >= 0.6 is 0 Å². The summed E-state index contributed by atoms with van der Waals surface area (Å²) in [6.07, 6.45) is -1.10. The summed E-state index contributed by atoms with van der Waals surface area (Å²) in [5.41, 5.74) is 5.35. The Bertz CT molecular complexity index is 1410. The molecule has 0 aliphatic rings. The third kappa shape index (κ3) is 5.76. The molecule has 0 aromatic heterocycles. The Morgan fingerprint density at radius 1 is 0.667 bits per heavy atom. The molecule has 0 saturated heterocycles. The SMILES string of the molecule is Cc1ccc(C(=O)Nc2cccc(C(=O)O[C@@H](C(=O)c3ccc(C)c(C)c3)c3ccccc3)c2)cc1. The average molecular weight is 478 g/mol. The van der Waals surface area contributed by atoms with E-state index in [-0.39, 0.29) is 17.3 Å². The van der Waals surface area contributed by atoms with Gasteiger partial charge in [0, 0.05) is 22.4 Å². The second-order valence-corrected chi connectivity index (χ2v) is 8.76. The molecular weight excluding hydrogens is 450 g/mol. The maximum Gasteiger partial charge on any atom is 0.339 e. The molecular formula is C31H27NO4. The van der Waals surface area contributed by atoms with E-state index in [1.54, 1.807) is 60.7 Å². The number of carbonyl (C=O) groups is 3. The van der Waals surface area contributed by atoms with E-state index in [4.69, 9.17) is 4.74 Å². The van der Waals surface area contributed by atoms with Crippen LogP contribution in [0.5, 0.6) is 0 Å². The zero-order valence-corrected chi connectivity index (χ0v) is 20.4. The van der Waals surface area contributed by atoms with Gasteiger partial charge in [0.05, 0.1) is 5.56 Å². The largest absolute Gasteiger partial charge is 0.445 e. The highest BCUT2D eigenvalue weighted by atomic mass is 16.5. The molecule has 36 heavy (non-hydrogen) atoms. The lowest BCUT2D eigenvalue weighted by Gasteiger charge is -2.18. The van der Waals surface area contributed by atoms with Crippen molar-refractivity contribution in [3.63, 3.8) is 0 Å². The minimum absolute atomic E-state index is 0.227. The lowest BCUT2D eigenvalue weighted by molar-refractivity contribution is 0.0280. The van der Waals surface area contributed by atoms with Crippen LogP contribution in [0.2, 0.25) is 0 Å². The van der Waals surface area contributed by atoms with Crippen molar-refractivity contribution < 1.29 is 19.1 Å². The van der Waals surface area contributed by atoms with E-state index in [2.05, 4.69) is 5.32 Å². The zero-order chi connectivity index (χ0) is 25.7. The van der Waals surface area contributed by atoms with E-state index < -0.39 is 12.1 Å². The third-order valence-corrected chi connectivity index (χ3v) is 6.03. The summed E-state index contributed by atoms with van der Waals surface area (Å²) in [5, 5.41) is 2.80. The molecule has 180 valence electrons. The number of esters is 1. The van der Waals surface area contributed by atoms with Gasteiger partial charge in [0.1, 0.15) is 0 Å². The second-order valence-electron chi connectivity index (χ2n) is 8.76. The molecule has 0 spiro atoms. The van der Waals surface area contributed by atoms with Crippen molar-refractivity contribution in [2.45, 2.75) is 26.9 Å². The predicted molar refractivity (Wildman–Crippen MR) is 140 cm³/mol. The van der Waals surface area contributed by atoms with Crippen LogP contribution in [0.1, 0.15) is 59.4 Å². The Kier molecular flexibility index (Phi) is 7.40. The summed E-state index contributed by atoms with van der Waals surface area (Å²) in [6.45, 7) is 5.86. The number of anilines is 1. The summed E-state index contributed by atoms with van der Waals surface area (Å²) in [7, 11) is 0. The molecule has 1 N–H and O–H groups in total. The van der Waals surface area contributed by atoms with E-state index in [1.807, 2.05) is 51.1 Å². The van der Waals surface area contributed by atoms with E-state index in [0.29, 0.717) is 22.4 Å². The molecule has 1 amide bonds. The highest BCUT2D eigenvalue weighted by molar-refractivity contribution is 6.05. The van der Waals surface area contributed by atoms with Gasteiger partial charge in [-0.1, -0.05) is 66.2 Å². The van der Waals surface area contributed by atoms with E-state index in [1.165, 1.54) is 6.07 Å². The first-order chi connectivity index (χ1) is 17.3. The fourth-order valence-electron chi connectivity index (χ4n) is 3.75. The molecule has 0 bridgehead atoms. The van der Waals surface area contributed by atoms with Gasteiger partial charge < -0.3 is 10.1 Å². The van der Waals surface area contributed by atoms with Gasteiger partial charge in [0.25, 0.3) is 5.91 Å². The van der Waals surface area contributed by atoms with Gasteiger partial charge in [0.2, 0.25) is 5.78 Å². The number of hydrogen-bond donors (Lipinski definition) is 1. The standard InChI is InChI=1S/C31H27NO4/c1-20-12-15-24(16-13-20)30(34)32-27-11-7-10-26(19-27)31(35)36-29(23-8-5-4-6-9-23)28(33)25-17-14-21(2)22(3)18-25/h4-19,29H,1-3H3,(H,32,34)/t29-/m1/s1. The molecule has 0 fully saturated rings. The topological polar surface area (TPSA) is 72.5 Å². The number of ketones is 1. The van der Waals surface area contributed by atoms with Gasteiger partial charge in [-0.05, 0) is 68.3 Å². The van der Waals surface area contributed by atoms with Crippen LogP contribution in [-0.2, 0) is 4.74 Å². The highest BCUT2D eigenvalue weighted by Crippen LogP contribution is 2.26. The fraction of sp³-hybridized carbons (Fsp3) is 0.129. The van der Waals surface area contributed by atoms with Crippen LogP contribution in [0.25, 0.3) is 0 Å². The van der Waals surface area contributed by atoms with E-state index >= 15 is 0 Å². The van der Waals surface area contributed by atoms with Crippen LogP contribution in [0.3, 0.4) is 0 Å². The van der Waals surface area contributed by atoms with Gasteiger partial charge >= 0.3 is 5.97 Å². The first-order valence-electron chi connectivity index (χ1n) is 11.7. The van der Waals surface area contributed by atoms with E-state index in [0.717, 1.165) is 16.7 Å². The number of rotatable bonds is 7. The molecule has 0 unspecified atom stereocenters. The Hall–Kier alpha value is -4.51. The van der Waals surface area contributed by atoms with Gasteiger partial charge in [-0.15, -0.1) is 0 Å². The van der Waals surface area contributed by atoms with Gasteiger partial charge in [0.15, 0.2) is 6.10 Å². The quantitative estimate of drug-likeness (QED) is 0.239. The lowest BCUT2D eigenvalue weighted by atomic mass is 9.97. The smallest absolute Gasteiger partial charge is 0.339 e. The molecule has 5 nitrogen and oxygen atoms in total. The molecule has 1 atom stereocenters. The Labute approximate surface area is 210 Å². The third-order valence-electron chi connectivity index (χ3n) is 6.03. The van der Waals surface area contributed by atoms with Crippen molar-refractivity contribution in [3.8, 4) is 0 Å². The molecule has 5 heteroatoms. The van der Waals surface area contributed by atoms with Gasteiger partial charge in [-0.25, -0.2) is 4.79 Å². The summed E-state index contributed by atoms with van der Waals surface area (Å²) in [6, 6.07) is 28.1. The van der Waals surface area contributed by atoms with Crippen molar-refractivity contribution in [2.75, 3.05) is 5.32 Å². The number of amides is 1. The second kappa shape index (κ2) is 10.8. The zero-order valence-electron chi connectivity index (χ0n) is 20.4. The van der Waals surface area contributed by atoms with E-state index in [9.17, 15) is 14.4 Å². The molecule has 4 rings (SSSR count). The summed E-state index contributed by atoms with van der Waals surface area (Å²) >= 11 is 0. The Balaban J connectivity index is 1.56. The first-order valence-corrected chi connectivity index (χ1v) is 11.7. The van der Waals surface area contributed by atoms with Gasteiger partial charge in [-0.2, -0.15) is 0 Å². The summed E-state index contributed by atoms with van der Waals surface area (Å²) in [4.78, 5) is 39.2. The predicted octanol–water partition coefficient (Wildman–Crippen LogP) is 6.65. The highest BCUT2D eigenvalue weighted by Gasteiger charge is 2.27. The number of carbonyl (C=O) groups excluding carboxylic acids is 3. The maximum atomic E-state index is 13.4. The van der Waals surface area contributed by atoms with Crippen molar-refractivity contribution in [1.29, 1.82) is 0 Å². The molecule has 4 aromatic carbocycles. The monoisotopic (exact) mass is 477 g/mol. The molecule has 4 aromatic rings. The van der Waals surface area contributed by atoms with Gasteiger partial charge in [-0.3, -0.25) is 9.59 Å². The molecule has 0 aliphatic carbocycles. The van der Waals surface area contributed by atoms with Crippen molar-refractivity contribution in [2.24, 2.45) is 0 Å². The number of ether oxygens (including phenoxy) is 1. The minimum Gasteiger partial charge on any atom is -0.445 e. The number of aryl methyl sites for hydroxylation is 3. The van der Waals surface area contributed by atoms with Crippen LogP contribution in [0.4, 0.5) is 5.69 Å². The molecule has 0 radical (unpaired) electrons. The maximum absolute atomic E-state index is 13.4.